The number of rotatable bonds is 4. The molecule has 2 rings (SSSR count). The van der Waals surface area contributed by atoms with Crippen molar-refractivity contribution < 1.29 is 4.74 Å². The highest BCUT2D eigenvalue weighted by atomic mass is 16.5. The molecule has 0 amide bonds. The number of nitrogens with zero attached hydrogens (tertiary/aromatic N) is 1. The second kappa shape index (κ2) is 5.29. The summed E-state index contributed by atoms with van der Waals surface area (Å²) in [5.41, 5.74) is 7.87. The van der Waals surface area contributed by atoms with Gasteiger partial charge in [-0.3, -0.25) is 0 Å². The summed E-state index contributed by atoms with van der Waals surface area (Å²) < 4.78 is 5.20. The van der Waals surface area contributed by atoms with Crippen LogP contribution in [0.15, 0.2) is 24.3 Å². The molecule has 0 radical (unpaired) electrons. The lowest BCUT2D eigenvalue weighted by Gasteiger charge is -2.41. The molecular weight excluding hydrogens is 224 g/mol. The molecule has 0 spiro atoms. The summed E-state index contributed by atoms with van der Waals surface area (Å²) in [5.74, 6) is 0.885. The quantitative estimate of drug-likeness (QED) is 0.890. The smallest absolute Gasteiger partial charge is 0.118 e. The molecule has 1 aromatic carbocycles. The maximum absolute atomic E-state index is 6.55. The van der Waals surface area contributed by atoms with Crippen LogP contribution in [0, 0.1) is 0 Å². The number of benzene rings is 1. The lowest BCUT2D eigenvalue weighted by atomic mass is 9.83. The van der Waals surface area contributed by atoms with E-state index in [0.717, 1.165) is 5.75 Å². The van der Waals surface area contributed by atoms with Gasteiger partial charge in [-0.1, -0.05) is 25.0 Å². The van der Waals surface area contributed by atoms with Crippen molar-refractivity contribution in [1.29, 1.82) is 0 Å². The van der Waals surface area contributed by atoms with Crippen LogP contribution < -0.4 is 10.5 Å². The first kappa shape index (κ1) is 13.4. The highest BCUT2D eigenvalue weighted by Gasteiger charge is 2.41. The zero-order chi connectivity index (χ0) is 13.2. The SMILES string of the molecule is COc1ccc([C@@H](N)C2(N(C)C)CCCC2)cc1. The third-order valence-electron chi connectivity index (χ3n) is 4.41. The van der Waals surface area contributed by atoms with Crippen molar-refractivity contribution in [3.63, 3.8) is 0 Å². The Balaban J connectivity index is 2.25. The average molecular weight is 248 g/mol. The molecule has 0 saturated heterocycles. The molecule has 0 unspecified atom stereocenters. The molecule has 1 atom stereocenters. The Morgan fingerprint density at radius 1 is 1.17 bits per heavy atom. The summed E-state index contributed by atoms with van der Waals surface area (Å²) in [4.78, 5) is 2.31. The van der Waals surface area contributed by atoms with E-state index in [1.807, 2.05) is 12.1 Å². The molecule has 0 bridgehead atoms. The Kier molecular flexibility index (Phi) is 3.93. The van der Waals surface area contributed by atoms with Crippen LogP contribution in [0.1, 0.15) is 37.3 Å². The Morgan fingerprint density at radius 2 is 1.72 bits per heavy atom. The van der Waals surface area contributed by atoms with E-state index in [9.17, 15) is 0 Å². The van der Waals surface area contributed by atoms with Crippen LogP contribution in [0.25, 0.3) is 0 Å². The molecule has 3 nitrogen and oxygen atoms in total. The second-order valence-electron chi connectivity index (χ2n) is 5.46. The topological polar surface area (TPSA) is 38.5 Å². The minimum absolute atomic E-state index is 0.0703. The van der Waals surface area contributed by atoms with Crippen LogP contribution in [-0.4, -0.2) is 31.6 Å². The minimum Gasteiger partial charge on any atom is -0.497 e. The van der Waals surface area contributed by atoms with E-state index >= 15 is 0 Å². The first-order chi connectivity index (χ1) is 8.60. The van der Waals surface area contributed by atoms with Crippen molar-refractivity contribution in [3.05, 3.63) is 29.8 Å². The first-order valence-electron chi connectivity index (χ1n) is 6.67. The fourth-order valence-corrected chi connectivity index (χ4v) is 3.15. The molecule has 18 heavy (non-hydrogen) atoms. The van der Waals surface area contributed by atoms with Gasteiger partial charge < -0.3 is 15.4 Å². The van der Waals surface area contributed by atoms with Gasteiger partial charge in [0.05, 0.1) is 7.11 Å². The largest absolute Gasteiger partial charge is 0.497 e. The lowest BCUT2D eigenvalue weighted by molar-refractivity contribution is 0.123. The third-order valence-corrected chi connectivity index (χ3v) is 4.41. The summed E-state index contributed by atoms with van der Waals surface area (Å²) in [6.07, 6.45) is 4.93. The van der Waals surface area contributed by atoms with Gasteiger partial charge in [-0.25, -0.2) is 0 Å². The van der Waals surface area contributed by atoms with E-state index < -0.39 is 0 Å². The molecule has 1 aliphatic carbocycles. The Morgan fingerprint density at radius 3 is 2.17 bits per heavy atom. The average Bonchev–Trinajstić information content (AvgIpc) is 2.88. The predicted molar refractivity (Wildman–Crippen MR) is 74.8 cm³/mol. The molecule has 0 aromatic heterocycles. The van der Waals surface area contributed by atoms with Gasteiger partial charge in [0.25, 0.3) is 0 Å². The van der Waals surface area contributed by atoms with E-state index in [1.165, 1.54) is 31.2 Å². The van der Waals surface area contributed by atoms with Crippen LogP contribution in [0.2, 0.25) is 0 Å². The van der Waals surface area contributed by atoms with Gasteiger partial charge in [-0.05, 0) is 44.6 Å². The number of hydrogen-bond donors (Lipinski definition) is 1. The van der Waals surface area contributed by atoms with Crippen LogP contribution in [-0.2, 0) is 0 Å². The van der Waals surface area contributed by atoms with Crippen LogP contribution >= 0.6 is 0 Å². The van der Waals surface area contributed by atoms with Crippen LogP contribution in [0.5, 0.6) is 5.75 Å². The number of nitrogens with two attached hydrogens (primary N) is 1. The van der Waals surface area contributed by atoms with E-state index in [0.29, 0.717) is 0 Å². The molecular formula is C15H24N2O. The summed E-state index contributed by atoms with van der Waals surface area (Å²) in [6, 6.07) is 8.24. The molecule has 1 aromatic rings. The van der Waals surface area contributed by atoms with Gasteiger partial charge in [0, 0.05) is 11.6 Å². The van der Waals surface area contributed by atoms with E-state index in [2.05, 4.69) is 31.1 Å². The van der Waals surface area contributed by atoms with Gasteiger partial charge in [0.15, 0.2) is 0 Å². The van der Waals surface area contributed by atoms with Gasteiger partial charge in [0.1, 0.15) is 5.75 Å². The van der Waals surface area contributed by atoms with Crippen molar-refractivity contribution in [2.24, 2.45) is 5.73 Å². The molecule has 2 N–H and O–H groups in total. The van der Waals surface area contributed by atoms with Crippen molar-refractivity contribution in [3.8, 4) is 5.75 Å². The molecule has 1 aliphatic rings. The van der Waals surface area contributed by atoms with Gasteiger partial charge >= 0.3 is 0 Å². The number of hydrogen-bond acceptors (Lipinski definition) is 3. The summed E-state index contributed by atoms with van der Waals surface area (Å²) in [5, 5.41) is 0. The fourth-order valence-electron chi connectivity index (χ4n) is 3.15. The fraction of sp³-hybridized carbons (Fsp3) is 0.600. The Labute approximate surface area is 110 Å². The highest BCUT2D eigenvalue weighted by Crippen LogP contribution is 2.42. The van der Waals surface area contributed by atoms with E-state index in [4.69, 9.17) is 10.5 Å². The highest BCUT2D eigenvalue weighted by molar-refractivity contribution is 5.31. The standard InChI is InChI=1S/C15H24N2O/c1-17(2)15(10-4-5-11-15)14(16)12-6-8-13(18-3)9-7-12/h6-9,14H,4-5,10-11,16H2,1-3H3/t14-/m1/s1. The maximum Gasteiger partial charge on any atom is 0.118 e. The summed E-state index contributed by atoms with van der Waals surface area (Å²) in [7, 11) is 5.98. The Bertz CT molecular complexity index is 380. The Hall–Kier alpha value is -1.06. The number of methoxy groups -OCH3 is 1. The first-order valence-corrected chi connectivity index (χ1v) is 6.67. The number of likely N-dealkylation sites (N-methyl/N-ethyl adjacent to an activating group) is 1. The van der Waals surface area contributed by atoms with E-state index in [1.54, 1.807) is 7.11 Å². The monoisotopic (exact) mass is 248 g/mol. The third kappa shape index (κ3) is 2.25. The van der Waals surface area contributed by atoms with Crippen molar-refractivity contribution in [2.75, 3.05) is 21.2 Å². The van der Waals surface area contributed by atoms with Gasteiger partial charge in [0.2, 0.25) is 0 Å². The summed E-state index contributed by atoms with van der Waals surface area (Å²) >= 11 is 0. The van der Waals surface area contributed by atoms with Gasteiger partial charge in [-0.2, -0.15) is 0 Å². The zero-order valence-electron chi connectivity index (χ0n) is 11.6. The molecule has 0 heterocycles. The minimum atomic E-state index is 0.0703. The number of ether oxygens (including phenoxy) is 1. The van der Waals surface area contributed by atoms with Crippen molar-refractivity contribution in [1.82, 2.24) is 4.90 Å². The molecule has 0 aliphatic heterocycles. The van der Waals surface area contributed by atoms with Gasteiger partial charge in [-0.15, -0.1) is 0 Å². The second-order valence-corrected chi connectivity index (χ2v) is 5.46. The van der Waals surface area contributed by atoms with E-state index in [-0.39, 0.29) is 11.6 Å². The molecule has 3 heteroatoms. The van der Waals surface area contributed by atoms with Crippen molar-refractivity contribution in [2.45, 2.75) is 37.3 Å². The maximum atomic E-state index is 6.55. The molecule has 1 fully saturated rings. The van der Waals surface area contributed by atoms with Crippen LogP contribution in [0.4, 0.5) is 0 Å². The lowest BCUT2D eigenvalue weighted by Crippen LogP contribution is -2.50. The van der Waals surface area contributed by atoms with Crippen LogP contribution in [0.3, 0.4) is 0 Å². The normalized spacial score (nSPS) is 20.1. The molecule has 100 valence electrons. The summed E-state index contributed by atoms with van der Waals surface area (Å²) in [6.45, 7) is 0. The predicted octanol–water partition coefficient (Wildman–Crippen LogP) is 2.57. The molecule has 1 saturated carbocycles. The van der Waals surface area contributed by atoms with Crippen molar-refractivity contribution >= 4 is 0 Å². The zero-order valence-corrected chi connectivity index (χ0v) is 11.6.